The van der Waals surface area contributed by atoms with Crippen LogP contribution in [0.4, 0.5) is 0 Å². The highest BCUT2D eigenvalue weighted by molar-refractivity contribution is 5.94. The molecule has 0 aromatic heterocycles. The maximum atomic E-state index is 11.8. The molecule has 1 aromatic carbocycles. The number of carbonyl (C=O) groups is 1. The fourth-order valence-corrected chi connectivity index (χ4v) is 1.26. The summed E-state index contributed by atoms with van der Waals surface area (Å²) in [4.78, 5) is 11.8. The van der Waals surface area contributed by atoms with E-state index in [0.29, 0.717) is 11.3 Å². The second-order valence-corrected chi connectivity index (χ2v) is 4.45. The van der Waals surface area contributed by atoms with Crippen molar-refractivity contribution in [2.45, 2.75) is 39.8 Å². The molecule has 0 bridgehead atoms. The number of nitrogens with one attached hydrogen (secondary N) is 2. The van der Waals surface area contributed by atoms with Crippen LogP contribution < -0.4 is 15.6 Å². The average molecular weight is 236 g/mol. The van der Waals surface area contributed by atoms with E-state index in [4.69, 9.17) is 4.74 Å². The first kappa shape index (κ1) is 13.5. The molecule has 2 N–H and O–H groups in total. The molecule has 1 rings (SSSR count). The van der Waals surface area contributed by atoms with Crippen LogP contribution in [0.3, 0.4) is 0 Å². The summed E-state index contributed by atoms with van der Waals surface area (Å²) in [5, 5.41) is 0. The Morgan fingerprint density at radius 3 is 2.53 bits per heavy atom. The lowest BCUT2D eigenvalue weighted by atomic mass is 10.2. The molecule has 4 nitrogen and oxygen atoms in total. The highest BCUT2D eigenvalue weighted by Gasteiger charge is 2.07. The van der Waals surface area contributed by atoms with E-state index in [2.05, 4.69) is 10.9 Å². The standard InChI is InChI=1S/C13H20N2O2/c1-9(2)14-15-13(16)11-6-5-7-12(8-11)17-10(3)4/h5-10,14H,1-4H3,(H,15,16). The van der Waals surface area contributed by atoms with Crippen molar-refractivity contribution in [3.05, 3.63) is 29.8 Å². The van der Waals surface area contributed by atoms with E-state index in [1.807, 2.05) is 39.8 Å². The van der Waals surface area contributed by atoms with Crippen LogP contribution in [0, 0.1) is 0 Å². The van der Waals surface area contributed by atoms with E-state index in [-0.39, 0.29) is 18.1 Å². The molecule has 0 spiro atoms. The second-order valence-electron chi connectivity index (χ2n) is 4.45. The fourth-order valence-electron chi connectivity index (χ4n) is 1.26. The summed E-state index contributed by atoms with van der Waals surface area (Å²) in [5.41, 5.74) is 6.08. The van der Waals surface area contributed by atoms with Crippen LogP contribution in [0.15, 0.2) is 24.3 Å². The lowest BCUT2D eigenvalue weighted by Crippen LogP contribution is -2.41. The van der Waals surface area contributed by atoms with Gasteiger partial charge >= 0.3 is 0 Å². The summed E-state index contributed by atoms with van der Waals surface area (Å²) in [6.07, 6.45) is 0.0992. The first-order valence-corrected chi connectivity index (χ1v) is 5.81. The Labute approximate surface area is 102 Å². The molecular formula is C13H20N2O2. The molecule has 0 fully saturated rings. The Kier molecular flexibility index (Phi) is 4.97. The number of hydrogen-bond donors (Lipinski definition) is 2. The number of rotatable bonds is 5. The van der Waals surface area contributed by atoms with Crippen molar-refractivity contribution in [1.29, 1.82) is 0 Å². The van der Waals surface area contributed by atoms with Gasteiger partial charge in [-0.15, -0.1) is 0 Å². The Bertz CT molecular complexity index is 375. The molecular weight excluding hydrogens is 216 g/mol. The Hall–Kier alpha value is -1.55. The van der Waals surface area contributed by atoms with Gasteiger partial charge in [0.2, 0.25) is 0 Å². The van der Waals surface area contributed by atoms with Gasteiger partial charge in [0.15, 0.2) is 0 Å². The molecule has 1 aromatic rings. The minimum atomic E-state index is -0.159. The number of hydrazine groups is 1. The van der Waals surface area contributed by atoms with Crippen LogP contribution in [0.2, 0.25) is 0 Å². The summed E-state index contributed by atoms with van der Waals surface area (Å²) in [6.45, 7) is 7.82. The van der Waals surface area contributed by atoms with E-state index in [0.717, 1.165) is 0 Å². The Balaban J connectivity index is 2.67. The number of amides is 1. The number of hydrogen-bond acceptors (Lipinski definition) is 3. The number of carbonyl (C=O) groups excluding carboxylic acids is 1. The van der Waals surface area contributed by atoms with Gasteiger partial charge < -0.3 is 4.74 Å². The lowest BCUT2D eigenvalue weighted by Gasteiger charge is -2.12. The molecule has 0 saturated heterocycles. The molecule has 0 heterocycles. The zero-order valence-electron chi connectivity index (χ0n) is 10.8. The topological polar surface area (TPSA) is 50.4 Å². The zero-order chi connectivity index (χ0) is 12.8. The Morgan fingerprint density at radius 1 is 1.24 bits per heavy atom. The second kappa shape index (κ2) is 6.25. The minimum absolute atomic E-state index is 0.0992. The average Bonchev–Trinajstić information content (AvgIpc) is 2.25. The van der Waals surface area contributed by atoms with Crippen molar-refractivity contribution < 1.29 is 9.53 Å². The molecule has 94 valence electrons. The molecule has 1 amide bonds. The van der Waals surface area contributed by atoms with Crippen molar-refractivity contribution in [2.75, 3.05) is 0 Å². The highest BCUT2D eigenvalue weighted by atomic mass is 16.5. The van der Waals surface area contributed by atoms with Gasteiger partial charge in [-0.05, 0) is 45.9 Å². The third kappa shape index (κ3) is 4.87. The number of benzene rings is 1. The van der Waals surface area contributed by atoms with Gasteiger partial charge in [-0.3, -0.25) is 10.2 Å². The van der Waals surface area contributed by atoms with Crippen LogP contribution >= 0.6 is 0 Å². The third-order valence-electron chi connectivity index (χ3n) is 1.94. The van der Waals surface area contributed by atoms with Crippen LogP contribution in [-0.2, 0) is 0 Å². The van der Waals surface area contributed by atoms with E-state index in [1.54, 1.807) is 12.1 Å². The summed E-state index contributed by atoms with van der Waals surface area (Å²) < 4.78 is 5.53. The first-order valence-electron chi connectivity index (χ1n) is 5.81. The van der Waals surface area contributed by atoms with Gasteiger partial charge in [0.05, 0.1) is 6.10 Å². The first-order chi connectivity index (χ1) is 7.99. The maximum Gasteiger partial charge on any atom is 0.265 e. The Morgan fingerprint density at radius 2 is 1.94 bits per heavy atom. The SMILES string of the molecule is CC(C)NNC(=O)c1cccc(OC(C)C)c1. The lowest BCUT2D eigenvalue weighted by molar-refractivity contribution is 0.0927. The van der Waals surface area contributed by atoms with Crippen molar-refractivity contribution in [3.63, 3.8) is 0 Å². The van der Waals surface area contributed by atoms with E-state index < -0.39 is 0 Å². The van der Waals surface area contributed by atoms with E-state index >= 15 is 0 Å². The molecule has 4 heteroatoms. The van der Waals surface area contributed by atoms with Crippen LogP contribution in [0.1, 0.15) is 38.1 Å². The zero-order valence-corrected chi connectivity index (χ0v) is 10.8. The van der Waals surface area contributed by atoms with E-state index in [9.17, 15) is 4.79 Å². The fraction of sp³-hybridized carbons (Fsp3) is 0.462. The molecule has 0 unspecified atom stereocenters. The highest BCUT2D eigenvalue weighted by Crippen LogP contribution is 2.14. The normalized spacial score (nSPS) is 10.7. The van der Waals surface area contributed by atoms with Gasteiger partial charge in [-0.25, -0.2) is 5.43 Å². The summed E-state index contributed by atoms with van der Waals surface area (Å²) >= 11 is 0. The maximum absolute atomic E-state index is 11.8. The van der Waals surface area contributed by atoms with Gasteiger partial charge in [0.1, 0.15) is 5.75 Å². The van der Waals surface area contributed by atoms with Crippen molar-refractivity contribution in [2.24, 2.45) is 0 Å². The summed E-state index contributed by atoms with van der Waals surface area (Å²) in [7, 11) is 0. The smallest absolute Gasteiger partial charge is 0.265 e. The molecule has 0 aliphatic heterocycles. The quantitative estimate of drug-likeness (QED) is 0.770. The molecule has 0 radical (unpaired) electrons. The van der Waals surface area contributed by atoms with Crippen LogP contribution in [0.25, 0.3) is 0 Å². The largest absolute Gasteiger partial charge is 0.491 e. The number of ether oxygens (including phenoxy) is 1. The predicted molar refractivity (Wildman–Crippen MR) is 67.9 cm³/mol. The van der Waals surface area contributed by atoms with Crippen molar-refractivity contribution in [3.8, 4) is 5.75 Å². The predicted octanol–water partition coefficient (Wildman–Crippen LogP) is 2.12. The molecule has 0 aliphatic carbocycles. The molecule has 0 aliphatic rings. The van der Waals surface area contributed by atoms with E-state index in [1.165, 1.54) is 0 Å². The summed E-state index contributed by atoms with van der Waals surface area (Å²) in [5.74, 6) is 0.546. The van der Waals surface area contributed by atoms with Gasteiger partial charge in [0, 0.05) is 11.6 Å². The van der Waals surface area contributed by atoms with Crippen molar-refractivity contribution >= 4 is 5.91 Å². The van der Waals surface area contributed by atoms with Gasteiger partial charge in [-0.1, -0.05) is 6.07 Å². The van der Waals surface area contributed by atoms with Crippen molar-refractivity contribution in [1.82, 2.24) is 10.9 Å². The molecule has 0 saturated carbocycles. The molecule has 17 heavy (non-hydrogen) atoms. The van der Waals surface area contributed by atoms with Crippen LogP contribution in [0.5, 0.6) is 5.75 Å². The van der Waals surface area contributed by atoms with Crippen LogP contribution in [-0.4, -0.2) is 18.1 Å². The molecule has 0 atom stereocenters. The monoisotopic (exact) mass is 236 g/mol. The van der Waals surface area contributed by atoms with Gasteiger partial charge in [-0.2, -0.15) is 0 Å². The minimum Gasteiger partial charge on any atom is -0.491 e. The third-order valence-corrected chi connectivity index (χ3v) is 1.94. The summed E-state index contributed by atoms with van der Waals surface area (Å²) in [6, 6.07) is 7.34. The van der Waals surface area contributed by atoms with Gasteiger partial charge in [0.25, 0.3) is 5.91 Å².